The fourth-order valence-corrected chi connectivity index (χ4v) is 1.54. The molecule has 0 aliphatic carbocycles. The van der Waals surface area contributed by atoms with Crippen LogP contribution in [0.1, 0.15) is 44.8 Å². The van der Waals surface area contributed by atoms with Gasteiger partial charge in [-0.25, -0.2) is 0 Å². The van der Waals surface area contributed by atoms with Gasteiger partial charge in [-0.3, -0.25) is 0 Å². The maximum Gasteiger partial charge on any atom is 0.119 e. The SMILES string of the molecule is CCCCOCC(O)c1ccc(OCCC)cc1. The summed E-state index contributed by atoms with van der Waals surface area (Å²) in [7, 11) is 0. The summed E-state index contributed by atoms with van der Waals surface area (Å²) in [4.78, 5) is 0. The second kappa shape index (κ2) is 8.95. The van der Waals surface area contributed by atoms with Crippen molar-refractivity contribution in [2.45, 2.75) is 39.2 Å². The highest BCUT2D eigenvalue weighted by Gasteiger charge is 2.07. The number of rotatable bonds is 9. The normalized spacial score (nSPS) is 12.4. The lowest BCUT2D eigenvalue weighted by atomic mass is 10.1. The smallest absolute Gasteiger partial charge is 0.119 e. The molecule has 1 atom stereocenters. The Hall–Kier alpha value is -1.06. The van der Waals surface area contributed by atoms with Crippen molar-refractivity contribution in [3.63, 3.8) is 0 Å². The van der Waals surface area contributed by atoms with Gasteiger partial charge in [0.05, 0.1) is 13.2 Å². The molecule has 0 aromatic heterocycles. The van der Waals surface area contributed by atoms with Crippen LogP contribution in [0.2, 0.25) is 0 Å². The first-order valence-corrected chi connectivity index (χ1v) is 6.76. The van der Waals surface area contributed by atoms with Gasteiger partial charge in [0.1, 0.15) is 11.9 Å². The minimum atomic E-state index is -0.554. The van der Waals surface area contributed by atoms with E-state index in [9.17, 15) is 5.11 Å². The molecule has 0 saturated carbocycles. The topological polar surface area (TPSA) is 38.7 Å². The van der Waals surface area contributed by atoms with Gasteiger partial charge in [-0.2, -0.15) is 0 Å². The van der Waals surface area contributed by atoms with Gasteiger partial charge >= 0.3 is 0 Å². The minimum Gasteiger partial charge on any atom is -0.494 e. The Balaban J connectivity index is 2.36. The van der Waals surface area contributed by atoms with Crippen molar-refractivity contribution < 1.29 is 14.6 Å². The molecule has 1 aromatic rings. The minimum absolute atomic E-state index is 0.356. The molecule has 1 unspecified atom stereocenters. The molecule has 0 fully saturated rings. The van der Waals surface area contributed by atoms with E-state index in [0.717, 1.165) is 37.2 Å². The lowest BCUT2D eigenvalue weighted by Crippen LogP contribution is -2.08. The molecule has 0 aliphatic rings. The molecular weight excluding hydrogens is 228 g/mol. The summed E-state index contributed by atoms with van der Waals surface area (Å²) < 4.78 is 10.9. The summed E-state index contributed by atoms with van der Waals surface area (Å²) in [6, 6.07) is 7.55. The molecule has 1 rings (SSSR count). The van der Waals surface area contributed by atoms with E-state index in [2.05, 4.69) is 13.8 Å². The van der Waals surface area contributed by atoms with Gasteiger partial charge < -0.3 is 14.6 Å². The van der Waals surface area contributed by atoms with Crippen LogP contribution in [0, 0.1) is 0 Å². The van der Waals surface area contributed by atoms with Crippen molar-refractivity contribution in [3.05, 3.63) is 29.8 Å². The van der Waals surface area contributed by atoms with Crippen molar-refractivity contribution in [2.75, 3.05) is 19.8 Å². The Bertz CT molecular complexity index is 308. The first kappa shape index (κ1) is 15.0. The van der Waals surface area contributed by atoms with Gasteiger partial charge in [0, 0.05) is 6.61 Å². The Morgan fingerprint density at radius 3 is 2.39 bits per heavy atom. The monoisotopic (exact) mass is 252 g/mol. The molecule has 0 spiro atoms. The van der Waals surface area contributed by atoms with Gasteiger partial charge in [-0.15, -0.1) is 0 Å². The molecule has 18 heavy (non-hydrogen) atoms. The summed E-state index contributed by atoms with van der Waals surface area (Å²) in [6.45, 7) is 5.99. The predicted octanol–water partition coefficient (Wildman–Crippen LogP) is 3.33. The third-order valence-corrected chi connectivity index (χ3v) is 2.66. The zero-order chi connectivity index (χ0) is 13.2. The molecular formula is C15H24O3. The predicted molar refractivity (Wildman–Crippen MR) is 72.9 cm³/mol. The van der Waals surface area contributed by atoms with Gasteiger partial charge in [0.25, 0.3) is 0 Å². The van der Waals surface area contributed by atoms with Crippen LogP contribution in [0.15, 0.2) is 24.3 Å². The molecule has 102 valence electrons. The van der Waals surface area contributed by atoms with Crippen LogP contribution in [0.3, 0.4) is 0 Å². The fraction of sp³-hybridized carbons (Fsp3) is 0.600. The van der Waals surface area contributed by atoms with E-state index in [1.54, 1.807) is 0 Å². The van der Waals surface area contributed by atoms with Gasteiger partial charge in [-0.1, -0.05) is 32.4 Å². The van der Waals surface area contributed by atoms with Crippen molar-refractivity contribution >= 4 is 0 Å². The lowest BCUT2D eigenvalue weighted by Gasteiger charge is -2.12. The Morgan fingerprint density at radius 1 is 1.06 bits per heavy atom. The summed E-state index contributed by atoms with van der Waals surface area (Å²) in [5.74, 6) is 0.847. The van der Waals surface area contributed by atoms with E-state index in [1.807, 2.05) is 24.3 Å². The summed E-state index contributed by atoms with van der Waals surface area (Å²) in [5.41, 5.74) is 0.871. The van der Waals surface area contributed by atoms with Crippen LogP contribution in [0.5, 0.6) is 5.75 Å². The fourth-order valence-electron chi connectivity index (χ4n) is 1.54. The number of aliphatic hydroxyl groups excluding tert-OH is 1. The van der Waals surface area contributed by atoms with Gasteiger partial charge in [0.2, 0.25) is 0 Å². The molecule has 3 heteroatoms. The van der Waals surface area contributed by atoms with Crippen LogP contribution < -0.4 is 4.74 Å². The van der Waals surface area contributed by atoms with Crippen LogP contribution in [-0.4, -0.2) is 24.9 Å². The number of aliphatic hydroxyl groups is 1. The number of unbranched alkanes of at least 4 members (excludes halogenated alkanes) is 1. The average Bonchev–Trinajstić information content (AvgIpc) is 2.41. The van der Waals surface area contributed by atoms with Crippen molar-refractivity contribution in [3.8, 4) is 5.75 Å². The van der Waals surface area contributed by atoms with E-state index >= 15 is 0 Å². The van der Waals surface area contributed by atoms with E-state index in [1.165, 1.54) is 0 Å². The van der Waals surface area contributed by atoms with E-state index in [0.29, 0.717) is 13.2 Å². The first-order valence-electron chi connectivity index (χ1n) is 6.76. The van der Waals surface area contributed by atoms with Crippen LogP contribution >= 0.6 is 0 Å². The molecule has 0 amide bonds. The zero-order valence-corrected chi connectivity index (χ0v) is 11.4. The Kier molecular flexibility index (Phi) is 7.46. The highest BCUT2D eigenvalue weighted by atomic mass is 16.5. The molecule has 0 bridgehead atoms. The molecule has 1 aromatic carbocycles. The van der Waals surface area contributed by atoms with E-state index < -0.39 is 6.10 Å². The Labute approximate surface area is 110 Å². The highest BCUT2D eigenvalue weighted by Crippen LogP contribution is 2.18. The summed E-state index contributed by atoms with van der Waals surface area (Å²) >= 11 is 0. The van der Waals surface area contributed by atoms with Crippen LogP contribution in [0.25, 0.3) is 0 Å². The molecule has 3 nitrogen and oxygen atoms in total. The van der Waals surface area contributed by atoms with E-state index in [4.69, 9.17) is 9.47 Å². The average molecular weight is 252 g/mol. The third kappa shape index (κ3) is 5.52. The molecule has 1 N–H and O–H groups in total. The number of hydrogen-bond donors (Lipinski definition) is 1. The number of hydrogen-bond acceptors (Lipinski definition) is 3. The van der Waals surface area contributed by atoms with Crippen molar-refractivity contribution in [1.82, 2.24) is 0 Å². The maximum absolute atomic E-state index is 9.92. The van der Waals surface area contributed by atoms with E-state index in [-0.39, 0.29) is 0 Å². The Morgan fingerprint density at radius 2 is 1.78 bits per heavy atom. The third-order valence-electron chi connectivity index (χ3n) is 2.66. The molecule has 0 heterocycles. The zero-order valence-electron chi connectivity index (χ0n) is 11.4. The quantitative estimate of drug-likeness (QED) is 0.685. The van der Waals surface area contributed by atoms with Crippen molar-refractivity contribution in [1.29, 1.82) is 0 Å². The summed E-state index contributed by atoms with van der Waals surface area (Å²) in [6.07, 6.45) is 2.59. The molecule has 0 aliphatic heterocycles. The van der Waals surface area contributed by atoms with Gasteiger partial charge in [-0.05, 0) is 30.5 Å². The van der Waals surface area contributed by atoms with Crippen molar-refractivity contribution in [2.24, 2.45) is 0 Å². The van der Waals surface area contributed by atoms with Crippen LogP contribution in [0.4, 0.5) is 0 Å². The van der Waals surface area contributed by atoms with Crippen LogP contribution in [-0.2, 0) is 4.74 Å². The number of ether oxygens (including phenoxy) is 2. The van der Waals surface area contributed by atoms with Gasteiger partial charge in [0.15, 0.2) is 0 Å². The second-order valence-electron chi connectivity index (χ2n) is 4.36. The largest absolute Gasteiger partial charge is 0.494 e. The number of benzene rings is 1. The summed E-state index contributed by atoms with van der Waals surface area (Å²) in [5, 5.41) is 9.92. The molecule has 0 saturated heterocycles. The standard InChI is InChI=1S/C15H24O3/c1-3-5-11-17-12-15(16)13-6-8-14(9-7-13)18-10-4-2/h6-9,15-16H,3-5,10-12H2,1-2H3. The maximum atomic E-state index is 9.92. The first-order chi connectivity index (χ1) is 8.77. The highest BCUT2D eigenvalue weighted by molar-refractivity contribution is 5.28. The molecule has 0 radical (unpaired) electrons. The second-order valence-corrected chi connectivity index (χ2v) is 4.36. The lowest BCUT2D eigenvalue weighted by molar-refractivity contribution is 0.0349.